The van der Waals surface area contributed by atoms with Crippen molar-refractivity contribution in [3.8, 4) is 17.0 Å². The van der Waals surface area contributed by atoms with E-state index in [0.29, 0.717) is 23.4 Å². The van der Waals surface area contributed by atoms with Crippen LogP contribution in [0.2, 0.25) is 0 Å². The van der Waals surface area contributed by atoms with Gasteiger partial charge in [-0.3, -0.25) is 14.6 Å². The Balaban J connectivity index is 2.48. The lowest BCUT2D eigenvalue weighted by Gasteiger charge is -2.10. The standard InChI is InChI=1S/C16H15NO3/c1-11(18)9-13-6-7-16(20-12(2)19)14(10-13)15-5-3-4-8-17-15/h3-8,10H,9H2,1-2H3. The Kier molecular flexibility index (Phi) is 4.25. The topological polar surface area (TPSA) is 56.3 Å². The molecule has 0 bridgehead atoms. The van der Waals surface area contributed by atoms with E-state index in [1.54, 1.807) is 25.3 Å². The third kappa shape index (κ3) is 3.51. The maximum Gasteiger partial charge on any atom is 0.308 e. The van der Waals surface area contributed by atoms with Gasteiger partial charge in [0, 0.05) is 25.1 Å². The van der Waals surface area contributed by atoms with E-state index < -0.39 is 0 Å². The zero-order chi connectivity index (χ0) is 14.5. The molecule has 0 amide bonds. The van der Waals surface area contributed by atoms with Gasteiger partial charge in [0.05, 0.1) is 5.69 Å². The molecular weight excluding hydrogens is 254 g/mol. The van der Waals surface area contributed by atoms with Crippen LogP contribution in [0.4, 0.5) is 0 Å². The van der Waals surface area contributed by atoms with Crippen molar-refractivity contribution < 1.29 is 14.3 Å². The monoisotopic (exact) mass is 269 g/mol. The summed E-state index contributed by atoms with van der Waals surface area (Å²) in [6.45, 7) is 2.89. The lowest BCUT2D eigenvalue weighted by atomic mass is 10.0. The van der Waals surface area contributed by atoms with Gasteiger partial charge in [0.15, 0.2) is 0 Å². The Bertz CT molecular complexity index is 635. The van der Waals surface area contributed by atoms with E-state index in [9.17, 15) is 9.59 Å². The van der Waals surface area contributed by atoms with Crippen LogP contribution in [0, 0.1) is 0 Å². The number of esters is 1. The predicted molar refractivity (Wildman–Crippen MR) is 75.4 cm³/mol. The van der Waals surface area contributed by atoms with E-state index in [0.717, 1.165) is 5.56 Å². The third-order valence-electron chi connectivity index (χ3n) is 2.69. The first kappa shape index (κ1) is 13.9. The first-order valence-electron chi connectivity index (χ1n) is 6.28. The number of hydrogen-bond donors (Lipinski definition) is 0. The Morgan fingerprint density at radius 1 is 1.15 bits per heavy atom. The third-order valence-corrected chi connectivity index (χ3v) is 2.69. The van der Waals surface area contributed by atoms with Gasteiger partial charge in [-0.15, -0.1) is 0 Å². The molecule has 2 aromatic rings. The number of nitrogens with zero attached hydrogens (tertiary/aromatic N) is 1. The Morgan fingerprint density at radius 2 is 1.95 bits per heavy atom. The van der Waals surface area contributed by atoms with Crippen molar-refractivity contribution in [3.63, 3.8) is 0 Å². The Hall–Kier alpha value is -2.49. The molecule has 0 unspecified atom stereocenters. The number of pyridine rings is 1. The van der Waals surface area contributed by atoms with Gasteiger partial charge in [0.25, 0.3) is 0 Å². The molecule has 1 aromatic carbocycles. The lowest BCUT2D eigenvalue weighted by molar-refractivity contribution is -0.131. The molecule has 20 heavy (non-hydrogen) atoms. The van der Waals surface area contributed by atoms with E-state index in [4.69, 9.17) is 4.74 Å². The van der Waals surface area contributed by atoms with E-state index >= 15 is 0 Å². The van der Waals surface area contributed by atoms with Crippen LogP contribution in [-0.2, 0) is 16.0 Å². The van der Waals surface area contributed by atoms with E-state index in [2.05, 4.69) is 4.98 Å². The average Bonchev–Trinajstić information content (AvgIpc) is 2.40. The number of aromatic nitrogens is 1. The number of carbonyl (C=O) groups is 2. The van der Waals surface area contributed by atoms with Crippen molar-refractivity contribution in [2.75, 3.05) is 0 Å². The minimum atomic E-state index is -0.388. The van der Waals surface area contributed by atoms with Crippen molar-refractivity contribution in [3.05, 3.63) is 48.2 Å². The van der Waals surface area contributed by atoms with Crippen molar-refractivity contribution in [2.45, 2.75) is 20.3 Å². The maximum atomic E-state index is 11.2. The number of hydrogen-bond acceptors (Lipinski definition) is 4. The molecule has 0 radical (unpaired) electrons. The number of benzene rings is 1. The second-order valence-electron chi connectivity index (χ2n) is 4.52. The number of rotatable bonds is 4. The van der Waals surface area contributed by atoms with Crippen LogP contribution in [0.5, 0.6) is 5.75 Å². The van der Waals surface area contributed by atoms with Crippen LogP contribution < -0.4 is 4.74 Å². The Morgan fingerprint density at radius 3 is 2.55 bits per heavy atom. The van der Waals surface area contributed by atoms with E-state index in [-0.39, 0.29) is 11.8 Å². The summed E-state index contributed by atoms with van der Waals surface area (Å²) in [6, 6.07) is 10.8. The van der Waals surface area contributed by atoms with Gasteiger partial charge in [-0.2, -0.15) is 0 Å². The summed E-state index contributed by atoms with van der Waals surface area (Å²) in [7, 11) is 0. The quantitative estimate of drug-likeness (QED) is 0.632. The molecular formula is C16H15NO3. The second-order valence-corrected chi connectivity index (χ2v) is 4.52. The summed E-state index contributed by atoms with van der Waals surface area (Å²) in [4.78, 5) is 26.6. The van der Waals surface area contributed by atoms with E-state index in [1.165, 1.54) is 6.92 Å². The molecule has 0 spiro atoms. The van der Waals surface area contributed by atoms with Gasteiger partial charge in [-0.25, -0.2) is 0 Å². The summed E-state index contributed by atoms with van der Waals surface area (Å²) in [6.07, 6.45) is 2.02. The van der Waals surface area contributed by atoms with E-state index in [1.807, 2.05) is 24.3 Å². The normalized spacial score (nSPS) is 10.1. The average molecular weight is 269 g/mol. The molecule has 0 aliphatic heterocycles. The van der Waals surface area contributed by atoms with Crippen LogP contribution in [0.1, 0.15) is 19.4 Å². The van der Waals surface area contributed by atoms with Gasteiger partial charge < -0.3 is 4.74 Å². The molecule has 0 aliphatic rings. The zero-order valence-corrected chi connectivity index (χ0v) is 11.4. The minimum Gasteiger partial charge on any atom is -0.426 e. The zero-order valence-electron chi connectivity index (χ0n) is 11.4. The van der Waals surface area contributed by atoms with Gasteiger partial charge >= 0.3 is 5.97 Å². The minimum absolute atomic E-state index is 0.0807. The fraction of sp³-hybridized carbons (Fsp3) is 0.188. The van der Waals surface area contributed by atoms with Gasteiger partial charge in [0.2, 0.25) is 0 Å². The molecule has 0 fully saturated rings. The summed E-state index contributed by atoms with van der Waals surface area (Å²) >= 11 is 0. The number of ether oxygens (including phenoxy) is 1. The van der Waals surface area contributed by atoms with Crippen LogP contribution in [0.15, 0.2) is 42.6 Å². The number of carbonyl (C=O) groups excluding carboxylic acids is 2. The fourth-order valence-electron chi connectivity index (χ4n) is 1.94. The van der Waals surface area contributed by atoms with Gasteiger partial charge in [-0.1, -0.05) is 12.1 Å². The van der Waals surface area contributed by atoms with Crippen LogP contribution in [-0.4, -0.2) is 16.7 Å². The summed E-state index contributed by atoms with van der Waals surface area (Å²) < 4.78 is 5.20. The molecule has 1 heterocycles. The number of ketones is 1. The molecule has 0 saturated heterocycles. The maximum absolute atomic E-state index is 11.2. The fourth-order valence-corrected chi connectivity index (χ4v) is 1.94. The molecule has 4 nitrogen and oxygen atoms in total. The SMILES string of the molecule is CC(=O)Cc1ccc(OC(C)=O)c(-c2ccccn2)c1. The predicted octanol–water partition coefficient (Wildman–Crippen LogP) is 2.81. The van der Waals surface area contributed by atoms with Crippen LogP contribution in [0.25, 0.3) is 11.3 Å². The Labute approximate surface area is 117 Å². The van der Waals surface area contributed by atoms with Gasteiger partial charge in [0.1, 0.15) is 11.5 Å². The molecule has 0 atom stereocenters. The van der Waals surface area contributed by atoms with Crippen LogP contribution >= 0.6 is 0 Å². The first-order valence-corrected chi connectivity index (χ1v) is 6.28. The van der Waals surface area contributed by atoms with Crippen molar-refractivity contribution in [2.24, 2.45) is 0 Å². The molecule has 0 saturated carbocycles. The van der Waals surface area contributed by atoms with Crippen molar-refractivity contribution >= 4 is 11.8 Å². The van der Waals surface area contributed by atoms with Crippen molar-refractivity contribution in [1.82, 2.24) is 4.98 Å². The summed E-state index contributed by atoms with van der Waals surface area (Å²) in [5.41, 5.74) is 2.28. The molecule has 4 heteroatoms. The largest absolute Gasteiger partial charge is 0.426 e. The first-order chi connectivity index (χ1) is 9.56. The summed E-state index contributed by atoms with van der Waals surface area (Å²) in [5.74, 6) is 0.141. The number of Topliss-reactive ketones (excluding diaryl/α,β-unsaturated/α-hetero) is 1. The molecule has 1 aromatic heterocycles. The summed E-state index contributed by atoms with van der Waals surface area (Å²) in [5, 5.41) is 0. The highest BCUT2D eigenvalue weighted by Gasteiger charge is 2.11. The molecule has 0 N–H and O–H groups in total. The van der Waals surface area contributed by atoms with Gasteiger partial charge in [-0.05, 0) is 36.8 Å². The highest BCUT2D eigenvalue weighted by Crippen LogP contribution is 2.30. The smallest absolute Gasteiger partial charge is 0.308 e. The highest BCUT2D eigenvalue weighted by atomic mass is 16.5. The molecule has 102 valence electrons. The highest BCUT2D eigenvalue weighted by molar-refractivity contribution is 5.80. The van der Waals surface area contributed by atoms with Crippen molar-refractivity contribution in [1.29, 1.82) is 0 Å². The van der Waals surface area contributed by atoms with Crippen LogP contribution in [0.3, 0.4) is 0 Å². The lowest BCUT2D eigenvalue weighted by Crippen LogP contribution is -2.04. The molecule has 2 rings (SSSR count). The molecule has 0 aliphatic carbocycles. The second kappa shape index (κ2) is 6.10.